The number of ether oxygens (including phenoxy) is 2. The Morgan fingerprint density at radius 3 is 2.42 bits per heavy atom. The molecule has 0 aliphatic carbocycles. The number of nitrogens with zero attached hydrogens (tertiary/aromatic N) is 2. The summed E-state index contributed by atoms with van der Waals surface area (Å²) in [4.78, 5) is 29.4. The number of para-hydroxylation sites is 1. The molecule has 1 aliphatic heterocycles. The van der Waals surface area contributed by atoms with Crippen LogP contribution in [-0.4, -0.2) is 49.0 Å². The maximum absolute atomic E-state index is 13.2. The Bertz CT molecular complexity index is 1150. The molecule has 1 fully saturated rings. The number of nitrogens with one attached hydrogen (secondary N) is 1. The summed E-state index contributed by atoms with van der Waals surface area (Å²) in [5.74, 6) is 1.10. The summed E-state index contributed by atoms with van der Waals surface area (Å²) < 4.78 is 11.5. The summed E-state index contributed by atoms with van der Waals surface area (Å²) in [5.41, 5.74) is 2.77. The smallest absolute Gasteiger partial charge is 0.321 e. The largest absolute Gasteiger partial charge is 0.493 e. The number of urea groups is 1. The molecule has 3 amide bonds. The van der Waals surface area contributed by atoms with Gasteiger partial charge in [0, 0.05) is 32.4 Å². The van der Waals surface area contributed by atoms with Crippen LogP contribution in [0.4, 0.5) is 10.5 Å². The predicted molar refractivity (Wildman–Crippen MR) is 140 cm³/mol. The molecule has 1 N–H and O–H groups in total. The molecule has 188 valence electrons. The van der Waals surface area contributed by atoms with Crippen LogP contribution in [0.25, 0.3) is 0 Å². The molecule has 1 saturated heterocycles. The zero-order valence-corrected chi connectivity index (χ0v) is 20.9. The van der Waals surface area contributed by atoms with Crippen LogP contribution in [0.2, 0.25) is 0 Å². The molecule has 0 unspecified atom stereocenters. The number of piperidine rings is 1. The van der Waals surface area contributed by atoms with Gasteiger partial charge in [0.25, 0.3) is 0 Å². The van der Waals surface area contributed by atoms with Crippen LogP contribution in [0.15, 0.2) is 78.9 Å². The lowest BCUT2D eigenvalue weighted by Gasteiger charge is -2.34. The molecule has 0 aromatic heterocycles. The van der Waals surface area contributed by atoms with E-state index in [4.69, 9.17) is 9.47 Å². The average molecular weight is 488 g/mol. The van der Waals surface area contributed by atoms with Gasteiger partial charge in [-0.1, -0.05) is 54.6 Å². The Labute approximate surface area is 212 Å². The number of carbonyl (C=O) groups is 2. The molecule has 0 saturated carbocycles. The van der Waals surface area contributed by atoms with E-state index in [1.165, 1.54) is 0 Å². The summed E-state index contributed by atoms with van der Waals surface area (Å²) >= 11 is 0. The van der Waals surface area contributed by atoms with E-state index in [1.807, 2.05) is 78.9 Å². The fourth-order valence-corrected chi connectivity index (χ4v) is 4.42. The van der Waals surface area contributed by atoms with Crippen LogP contribution in [-0.2, 0) is 17.9 Å². The van der Waals surface area contributed by atoms with Crippen LogP contribution in [0, 0.1) is 5.92 Å². The Balaban J connectivity index is 1.33. The molecule has 0 radical (unpaired) electrons. The first-order valence-electron chi connectivity index (χ1n) is 12.2. The van der Waals surface area contributed by atoms with Crippen molar-refractivity contribution >= 4 is 17.6 Å². The van der Waals surface area contributed by atoms with Gasteiger partial charge in [-0.05, 0) is 48.2 Å². The monoisotopic (exact) mass is 487 g/mol. The van der Waals surface area contributed by atoms with E-state index in [-0.39, 0.29) is 17.9 Å². The molecule has 0 bridgehead atoms. The van der Waals surface area contributed by atoms with Crippen LogP contribution in [0.5, 0.6) is 11.5 Å². The van der Waals surface area contributed by atoms with Crippen LogP contribution >= 0.6 is 0 Å². The number of rotatable bonds is 8. The van der Waals surface area contributed by atoms with Crippen molar-refractivity contribution in [2.24, 2.45) is 5.92 Å². The Morgan fingerprint density at radius 1 is 0.972 bits per heavy atom. The molecule has 7 heteroatoms. The zero-order valence-electron chi connectivity index (χ0n) is 20.9. The van der Waals surface area contributed by atoms with Gasteiger partial charge in [-0.25, -0.2) is 4.79 Å². The fraction of sp³-hybridized carbons (Fsp3) is 0.310. The van der Waals surface area contributed by atoms with E-state index in [0.29, 0.717) is 37.7 Å². The van der Waals surface area contributed by atoms with E-state index in [1.54, 1.807) is 24.0 Å². The third-order valence-electron chi connectivity index (χ3n) is 6.34. The van der Waals surface area contributed by atoms with Crippen molar-refractivity contribution in [3.05, 3.63) is 90.0 Å². The summed E-state index contributed by atoms with van der Waals surface area (Å²) in [5, 5.41) is 2.92. The van der Waals surface area contributed by atoms with E-state index in [2.05, 4.69) is 5.32 Å². The van der Waals surface area contributed by atoms with Crippen molar-refractivity contribution < 1.29 is 19.1 Å². The number of amides is 3. The molecule has 0 spiro atoms. The second-order valence-electron chi connectivity index (χ2n) is 9.04. The Hall–Kier alpha value is -4.00. The minimum Gasteiger partial charge on any atom is -0.493 e. The number of carbonyl (C=O) groups excluding carboxylic acids is 2. The van der Waals surface area contributed by atoms with Gasteiger partial charge in [0.1, 0.15) is 6.61 Å². The number of hydrogen-bond donors (Lipinski definition) is 1. The Morgan fingerprint density at radius 2 is 1.69 bits per heavy atom. The minimum atomic E-state index is -0.222. The van der Waals surface area contributed by atoms with Crippen LogP contribution in [0.3, 0.4) is 0 Å². The Kier molecular flexibility index (Phi) is 8.44. The number of anilines is 1. The summed E-state index contributed by atoms with van der Waals surface area (Å²) in [6.45, 7) is 1.96. The van der Waals surface area contributed by atoms with Gasteiger partial charge in [0.05, 0.1) is 13.0 Å². The second kappa shape index (κ2) is 12.1. The number of methoxy groups -OCH3 is 1. The lowest BCUT2D eigenvalue weighted by atomic mass is 9.96. The van der Waals surface area contributed by atoms with Gasteiger partial charge in [-0.15, -0.1) is 0 Å². The number of likely N-dealkylation sites (tertiary alicyclic amines) is 1. The average Bonchev–Trinajstić information content (AvgIpc) is 2.93. The minimum absolute atomic E-state index is 0.0376. The molecular formula is C29H33N3O4. The van der Waals surface area contributed by atoms with E-state index in [9.17, 15) is 9.59 Å². The van der Waals surface area contributed by atoms with Crippen molar-refractivity contribution in [2.75, 3.05) is 32.6 Å². The third-order valence-corrected chi connectivity index (χ3v) is 6.34. The van der Waals surface area contributed by atoms with Crippen LogP contribution < -0.4 is 14.8 Å². The molecule has 36 heavy (non-hydrogen) atoms. The van der Waals surface area contributed by atoms with Crippen molar-refractivity contribution in [3.8, 4) is 11.5 Å². The molecular weight excluding hydrogens is 454 g/mol. The van der Waals surface area contributed by atoms with Gasteiger partial charge >= 0.3 is 6.03 Å². The van der Waals surface area contributed by atoms with E-state index >= 15 is 0 Å². The lowest BCUT2D eigenvalue weighted by molar-refractivity contribution is -0.136. The van der Waals surface area contributed by atoms with Crippen molar-refractivity contribution in [2.45, 2.75) is 26.0 Å². The van der Waals surface area contributed by atoms with Gasteiger partial charge in [-0.3, -0.25) is 4.79 Å². The zero-order chi connectivity index (χ0) is 25.3. The second-order valence-corrected chi connectivity index (χ2v) is 9.04. The van der Waals surface area contributed by atoms with Crippen molar-refractivity contribution in [1.29, 1.82) is 0 Å². The van der Waals surface area contributed by atoms with E-state index < -0.39 is 0 Å². The maximum atomic E-state index is 13.2. The van der Waals surface area contributed by atoms with Gasteiger partial charge in [-0.2, -0.15) is 0 Å². The molecule has 4 rings (SSSR count). The summed E-state index contributed by atoms with van der Waals surface area (Å²) in [6, 6.07) is 24.9. The van der Waals surface area contributed by atoms with Crippen molar-refractivity contribution in [3.63, 3.8) is 0 Å². The number of hydrogen-bond acceptors (Lipinski definition) is 4. The van der Waals surface area contributed by atoms with E-state index in [0.717, 1.165) is 29.7 Å². The van der Waals surface area contributed by atoms with Gasteiger partial charge in [0.2, 0.25) is 5.91 Å². The molecule has 1 aliphatic rings. The van der Waals surface area contributed by atoms with Gasteiger partial charge in [0.15, 0.2) is 11.5 Å². The highest BCUT2D eigenvalue weighted by atomic mass is 16.5. The molecule has 3 aromatic carbocycles. The normalized spacial score (nSPS) is 15.2. The predicted octanol–water partition coefficient (Wildman–Crippen LogP) is 5.18. The first-order valence-corrected chi connectivity index (χ1v) is 12.2. The topological polar surface area (TPSA) is 71.1 Å². The molecule has 1 heterocycles. The molecule has 1 atom stereocenters. The molecule has 3 aromatic rings. The highest BCUT2D eigenvalue weighted by molar-refractivity contribution is 5.90. The SMILES string of the molecule is COc1cc(CN(C)C(=O)[C@H]2CCCN(C(=O)Nc3ccccc3)C2)ccc1OCc1ccccc1. The molecule has 7 nitrogen and oxygen atoms in total. The third kappa shape index (κ3) is 6.56. The van der Waals surface area contributed by atoms with Crippen LogP contribution in [0.1, 0.15) is 24.0 Å². The number of benzene rings is 3. The standard InChI is InChI=1S/C29H33N3O4/c1-31(19-23-15-16-26(27(18-23)35-2)36-21-22-10-5-3-6-11-22)28(33)24-12-9-17-32(20-24)29(34)30-25-13-7-4-8-14-25/h3-8,10-11,13-16,18,24H,9,12,17,19-21H2,1-2H3,(H,30,34)/t24-/m0/s1. The first-order chi connectivity index (χ1) is 17.5. The summed E-state index contributed by atoms with van der Waals surface area (Å²) in [7, 11) is 3.41. The lowest BCUT2D eigenvalue weighted by Crippen LogP contribution is -2.47. The highest BCUT2D eigenvalue weighted by Crippen LogP contribution is 2.30. The quantitative estimate of drug-likeness (QED) is 0.476. The first kappa shape index (κ1) is 25.1. The highest BCUT2D eigenvalue weighted by Gasteiger charge is 2.30. The van der Waals surface area contributed by atoms with Crippen molar-refractivity contribution in [1.82, 2.24) is 9.80 Å². The van der Waals surface area contributed by atoms with Gasteiger partial charge < -0.3 is 24.6 Å². The maximum Gasteiger partial charge on any atom is 0.321 e. The fourth-order valence-electron chi connectivity index (χ4n) is 4.42. The summed E-state index contributed by atoms with van der Waals surface area (Å²) in [6.07, 6.45) is 1.57.